The van der Waals surface area contributed by atoms with E-state index < -0.39 is 0 Å². The molecule has 0 aliphatic heterocycles. The molecule has 2 unspecified atom stereocenters. The van der Waals surface area contributed by atoms with E-state index in [-0.39, 0.29) is 30.0 Å². The van der Waals surface area contributed by atoms with Gasteiger partial charge in [-0.3, -0.25) is 14.7 Å². The van der Waals surface area contributed by atoms with Crippen LogP contribution in [0.5, 0.6) is 0 Å². The molecule has 0 aliphatic carbocycles. The predicted molar refractivity (Wildman–Crippen MR) is 128 cm³/mol. The quantitative estimate of drug-likeness (QED) is 0.348. The first kappa shape index (κ1) is 24.4. The third kappa shape index (κ3) is 6.46. The number of nitrogens with zero attached hydrogens (tertiary/aromatic N) is 4. The van der Waals surface area contributed by atoms with Gasteiger partial charge in [0.05, 0.1) is 5.69 Å². The minimum Gasteiger partial charge on any atom is -0.356 e. The Hall–Kier alpha value is -1.64. The van der Waals surface area contributed by atoms with E-state index in [1.54, 1.807) is 0 Å². The highest BCUT2D eigenvalue weighted by Crippen LogP contribution is 2.22. The summed E-state index contributed by atoms with van der Waals surface area (Å²) in [5, 5.41) is 11.5. The normalized spacial score (nSPS) is 13.8. The fraction of sp³-hybridized carbons (Fsp3) is 0.571. The maximum Gasteiger partial charge on any atom is 0.191 e. The molecule has 0 aliphatic rings. The van der Waals surface area contributed by atoms with E-state index in [1.807, 2.05) is 37.2 Å². The molecule has 2 aromatic heterocycles. The zero-order valence-electron chi connectivity index (χ0n) is 18.2. The van der Waals surface area contributed by atoms with Gasteiger partial charge in [0, 0.05) is 50.7 Å². The average Bonchev–Trinajstić information content (AvgIpc) is 2.87. The maximum atomic E-state index is 4.51. The van der Waals surface area contributed by atoms with Gasteiger partial charge >= 0.3 is 0 Å². The van der Waals surface area contributed by atoms with Crippen LogP contribution in [0.25, 0.3) is 0 Å². The van der Waals surface area contributed by atoms with Gasteiger partial charge in [0.15, 0.2) is 5.96 Å². The van der Waals surface area contributed by atoms with Gasteiger partial charge in [-0.15, -0.1) is 24.0 Å². The summed E-state index contributed by atoms with van der Waals surface area (Å²) in [6.07, 6.45) is 4.69. The lowest BCUT2D eigenvalue weighted by atomic mass is 9.89. The molecule has 2 N–H and O–H groups in total. The van der Waals surface area contributed by atoms with Crippen LogP contribution in [0.2, 0.25) is 0 Å². The van der Waals surface area contributed by atoms with Crippen molar-refractivity contribution in [3.05, 3.63) is 47.0 Å². The molecule has 0 radical (unpaired) electrons. The van der Waals surface area contributed by atoms with Crippen LogP contribution < -0.4 is 10.6 Å². The summed E-state index contributed by atoms with van der Waals surface area (Å²) in [6, 6.07) is 4.40. The van der Waals surface area contributed by atoms with E-state index in [2.05, 4.69) is 66.4 Å². The molecule has 0 fully saturated rings. The van der Waals surface area contributed by atoms with Gasteiger partial charge in [0.2, 0.25) is 0 Å². The summed E-state index contributed by atoms with van der Waals surface area (Å²) in [6.45, 7) is 11.7. The Kier molecular flexibility index (Phi) is 9.92. The van der Waals surface area contributed by atoms with Crippen LogP contribution in [0.1, 0.15) is 49.2 Å². The van der Waals surface area contributed by atoms with Gasteiger partial charge in [0.1, 0.15) is 0 Å². The lowest BCUT2D eigenvalue weighted by Crippen LogP contribution is -2.44. The molecule has 0 amide bonds. The van der Waals surface area contributed by atoms with Gasteiger partial charge in [-0.1, -0.05) is 19.9 Å². The monoisotopic (exact) mass is 498 g/mol. The number of aromatic nitrogens is 3. The van der Waals surface area contributed by atoms with Gasteiger partial charge in [-0.25, -0.2) is 0 Å². The first-order chi connectivity index (χ1) is 12.8. The van der Waals surface area contributed by atoms with E-state index in [0.29, 0.717) is 11.8 Å². The first-order valence-corrected chi connectivity index (χ1v) is 9.69. The van der Waals surface area contributed by atoms with Gasteiger partial charge in [-0.2, -0.15) is 5.10 Å². The second-order valence-corrected chi connectivity index (χ2v) is 7.61. The standard InChI is InChI=1S/C21H34N6.HI/c1-14(2)20(18-9-8-10-23-12-18)13-24-21(22-6)25-15(3)11-19-16(4)26-27(7)17(19)5;/h8-10,12,14-15,20H,11,13H2,1-7H3,(H2,22,24,25);1H. The zero-order chi connectivity index (χ0) is 20.0. The lowest BCUT2D eigenvalue weighted by Gasteiger charge is -2.24. The Bertz CT molecular complexity index is 754. The van der Waals surface area contributed by atoms with E-state index in [0.717, 1.165) is 24.6 Å². The Morgan fingerprint density at radius 3 is 2.46 bits per heavy atom. The Balaban J connectivity index is 0.00000392. The molecule has 0 bridgehead atoms. The molecule has 2 rings (SSSR count). The number of halogens is 1. The first-order valence-electron chi connectivity index (χ1n) is 9.69. The number of pyridine rings is 1. The molecule has 156 valence electrons. The summed E-state index contributed by atoms with van der Waals surface area (Å²) >= 11 is 0. The van der Waals surface area contributed by atoms with Crippen molar-refractivity contribution in [3.8, 4) is 0 Å². The second kappa shape index (κ2) is 11.4. The largest absolute Gasteiger partial charge is 0.356 e. The van der Waals surface area contributed by atoms with Gasteiger partial charge in [0.25, 0.3) is 0 Å². The molecule has 2 atom stereocenters. The number of hydrogen-bond acceptors (Lipinski definition) is 3. The lowest BCUT2D eigenvalue weighted by molar-refractivity contribution is 0.485. The molecule has 0 saturated heterocycles. The van der Waals surface area contributed by atoms with Crippen molar-refractivity contribution >= 4 is 29.9 Å². The minimum atomic E-state index is 0. The van der Waals surface area contributed by atoms with E-state index in [1.165, 1.54) is 16.8 Å². The zero-order valence-corrected chi connectivity index (χ0v) is 20.5. The Labute approximate surface area is 186 Å². The third-order valence-corrected chi connectivity index (χ3v) is 5.18. The summed E-state index contributed by atoms with van der Waals surface area (Å²) in [7, 11) is 3.81. The number of rotatable bonds is 7. The number of hydrogen-bond donors (Lipinski definition) is 2. The van der Waals surface area contributed by atoms with Crippen LogP contribution in [-0.2, 0) is 13.5 Å². The van der Waals surface area contributed by atoms with Crippen molar-refractivity contribution < 1.29 is 0 Å². The van der Waals surface area contributed by atoms with E-state index in [4.69, 9.17) is 0 Å². The summed E-state index contributed by atoms with van der Waals surface area (Å²) in [4.78, 5) is 8.67. The van der Waals surface area contributed by atoms with E-state index in [9.17, 15) is 0 Å². The topological polar surface area (TPSA) is 67.1 Å². The molecular weight excluding hydrogens is 463 g/mol. The molecule has 0 aromatic carbocycles. The Morgan fingerprint density at radius 1 is 1.25 bits per heavy atom. The molecular formula is C21H35IN6. The Morgan fingerprint density at radius 2 is 1.96 bits per heavy atom. The number of aryl methyl sites for hydroxylation is 2. The molecule has 0 saturated carbocycles. The maximum absolute atomic E-state index is 4.51. The summed E-state index contributed by atoms with van der Waals surface area (Å²) < 4.78 is 1.95. The smallest absolute Gasteiger partial charge is 0.191 e. The number of nitrogens with one attached hydrogen (secondary N) is 2. The molecule has 2 aromatic rings. The number of aliphatic imine (C=N–C) groups is 1. The molecule has 2 heterocycles. The van der Waals surface area contributed by atoms with Crippen molar-refractivity contribution in [3.63, 3.8) is 0 Å². The van der Waals surface area contributed by atoms with Crippen LogP contribution in [0.3, 0.4) is 0 Å². The number of guanidine groups is 1. The van der Waals surface area contributed by atoms with Crippen LogP contribution >= 0.6 is 24.0 Å². The highest BCUT2D eigenvalue weighted by Gasteiger charge is 2.18. The SMILES string of the molecule is CN=C(NCC(c1cccnc1)C(C)C)NC(C)Cc1c(C)nn(C)c1C.I. The van der Waals surface area contributed by atoms with Crippen LogP contribution in [0.4, 0.5) is 0 Å². The fourth-order valence-corrected chi connectivity index (χ4v) is 3.44. The average molecular weight is 498 g/mol. The molecule has 0 spiro atoms. The summed E-state index contributed by atoms with van der Waals surface area (Å²) in [5.74, 6) is 1.73. The predicted octanol–water partition coefficient (Wildman–Crippen LogP) is 3.59. The van der Waals surface area contributed by atoms with Crippen LogP contribution in [0, 0.1) is 19.8 Å². The van der Waals surface area contributed by atoms with E-state index >= 15 is 0 Å². The highest BCUT2D eigenvalue weighted by molar-refractivity contribution is 14.0. The summed E-state index contributed by atoms with van der Waals surface area (Å²) in [5.41, 5.74) is 4.89. The fourth-order valence-electron chi connectivity index (χ4n) is 3.44. The molecule has 28 heavy (non-hydrogen) atoms. The van der Waals surface area contributed by atoms with Crippen molar-refractivity contribution in [2.75, 3.05) is 13.6 Å². The highest BCUT2D eigenvalue weighted by atomic mass is 127. The minimum absolute atomic E-state index is 0. The van der Waals surface area contributed by atoms with Crippen molar-refractivity contribution in [1.82, 2.24) is 25.4 Å². The van der Waals surface area contributed by atoms with Crippen LogP contribution in [-0.4, -0.2) is 40.4 Å². The van der Waals surface area contributed by atoms with Crippen molar-refractivity contribution in [2.45, 2.75) is 53.0 Å². The third-order valence-electron chi connectivity index (χ3n) is 5.18. The van der Waals surface area contributed by atoms with Crippen LogP contribution in [0.15, 0.2) is 29.5 Å². The molecule has 6 nitrogen and oxygen atoms in total. The molecule has 7 heteroatoms. The second-order valence-electron chi connectivity index (χ2n) is 7.61. The van der Waals surface area contributed by atoms with Gasteiger partial charge < -0.3 is 10.6 Å². The van der Waals surface area contributed by atoms with Gasteiger partial charge in [-0.05, 0) is 50.3 Å². The van der Waals surface area contributed by atoms with Crippen molar-refractivity contribution in [2.24, 2.45) is 18.0 Å². The van der Waals surface area contributed by atoms with Crippen molar-refractivity contribution in [1.29, 1.82) is 0 Å².